The van der Waals surface area contributed by atoms with Gasteiger partial charge in [-0.3, -0.25) is 14.4 Å². The summed E-state index contributed by atoms with van der Waals surface area (Å²) in [6, 6.07) is 15.2. The Balaban J connectivity index is 2.10. The van der Waals surface area contributed by atoms with Crippen LogP contribution < -0.4 is 5.32 Å². The van der Waals surface area contributed by atoms with E-state index in [9.17, 15) is 19.2 Å². The fraction of sp³-hybridized carbons (Fsp3) is 0.250. The van der Waals surface area contributed by atoms with E-state index in [0.29, 0.717) is 16.3 Å². The minimum atomic E-state index is -1.46. The lowest BCUT2D eigenvalue weighted by Gasteiger charge is -2.24. The molecule has 0 fully saturated rings. The Bertz CT molecular complexity index is 1130. The van der Waals surface area contributed by atoms with Gasteiger partial charge in [-0.25, -0.2) is 4.79 Å². The average molecular weight is 437 g/mol. The monoisotopic (exact) mass is 437 g/mol. The number of ether oxygens (including phenoxy) is 3. The summed E-state index contributed by atoms with van der Waals surface area (Å²) in [5, 5.41) is 5.62. The Kier molecular flexibility index (Phi) is 7.04. The summed E-state index contributed by atoms with van der Waals surface area (Å²) in [6.45, 7) is 0. The third-order valence-corrected chi connectivity index (χ3v) is 5.26. The van der Waals surface area contributed by atoms with Gasteiger partial charge in [0.1, 0.15) is 6.04 Å². The number of carbonyl (C=O) groups excluding carboxylic acids is 4. The van der Waals surface area contributed by atoms with Gasteiger partial charge in [0.05, 0.1) is 39.2 Å². The van der Waals surface area contributed by atoms with Crippen LogP contribution in [0.4, 0.5) is 0 Å². The summed E-state index contributed by atoms with van der Waals surface area (Å²) in [6.07, 6.45) is -0.473. The molecule has 0 saturated heterocycles. The van der Waals surface area contributed by atoms with Crippen molar-refractivity contribution in [2.75, 3.05) is 21.3 Å². The van der Waals surface area contributed by atoms with Crippen LogP contribution in [0.25, 0.3) is 21.5 Å². The Morgan fingerprint density at radius 3 is 1.81 bits per heavy atom. The number of nitrogens with one attached hydrogen (secondary N) is 1. The number of benzene rings is 3. The van der Waals surface area contributed by atoms with E-state index in [1.165, 1.54) is 0 Å². The van der Waals surface area contributed by atoms with Crippen molar-refractivity contribution in [3.05, 3.63) is 60.2 Å². The van der Waals surface area contributed by atoms with E-state index in [4.69, 9.17) is 9.47 Å². The van der Waals surface area contributed by atoms with Crippen LogP contribution >= 0.6 is 0 Å². The maximum Gasteiger partial charge on any atom is 0.329 e. The molecule has 3 aromatic rings. The maximum atomic E-state index is 13.5. The van der Waals surface area contributed by atoms with Gasteiger partial charge < -0.3 is 19.5 Å². The largest absolute Gasteiger partial charge is 0.469 e. The second kappa shape index (κ2) is 9.91. The second-order valence-electron chi connectivity index (χ2n) is 7.08. The zero-order valence-corrected chi connectivity index (χ0v) is 17.9. The average Bonchev–Trinajstić information content (AvgIpc) is 2.83. The van der Waals surface area contributed by atoms with Gasteiger partial charge in [0, 0.05) is 0 Å². The molecule has 0 aliphatic rings. The Labute approximate surface area is 184 Å². The van der Waals surface area contributed by atoms with Crippen molar-refractivity contribution in [2.45, 2.75) is 12.5 Å². The molecule has 0 unspecified atom stereocenters. The third kappa shape index (κ3) is 4.54. The van der Waals surface area contributed by atoms with Crippen molar-refractivity contribution in [3.8, 4) is 0 Å². The quantitative estimate of drug-likeness (QED) is 0.344. The number of fused-ring (bicyclic) bond motifs is 2. The number of amides is 1. The zero-order chi connectivity index (χ0) is 23.3. The van der Waals surface area contributed by atoms with Crippen molar-refractivity contribution in [1.82, 2.24) is 5.32 Å². The van der Waals surface area contributed by atoms with E-state index >= 15 is 0 Å². The summed E-state index contributed by atoms with van der Waals surface area (Å²) in [4.78, 5) is 50.3. The first-order valence-corrected chi connectivity index (χ1v) is 9.85. The summed E-state index contributed by atoms with van der Waals surface area (Å²) in [7, 11) is 3.41. The van der Waals surface area contributed by atoms with Crippen molar-refractivity contribution in [3.63, 3.8) is 0 Å². The van der Waals surface area contributed by atoms with Gasteiger partial charge in [-0.2, -0.15) is 0 Å². The first-order valence-electron chi connectivity index (χ1n) is 9.85. The molecule has 1 amide bonds. The minimum Gasteiger partial charge on any atom is -0.469 e. The highest BCUT2D eigenvalue weighted by Gasteiger charge is 2.39. The number of hydrogen-bond acceptors (Lipinski definition) is 7. The Morgan fingerprint density at radius 1 is 0.781 bits per heavy atom. The van der Waals surface area contributed by atoms with Crippen LogP contribution in [0.3, 0.4) is 0 Å². The van der Waals surface area contributed by atoms with Gasteiger partial charge in [0.25, 0.3) is 5.91 Å². The predicted octanol–water partition coefficient (Wildman–Crippen LogP) is 2.62. The topological polar surface area (TPSA) is 108 Å². The molecular weight excluding hydrogens is 414 g/mol. The number of methoxy groups -OCH3 is 3. The Morgan fingerprint density at radius 2 is 1.31 bits per heavy atom. The molecule has 0 aromatic heterocycles. The van der Waals surface area contributed by atoms with Crippen LogP contribution in [0.15, 0.2) is 54.6 Å². The molecule has 0 aliphatic heterocycles. The molecule has 1 N–H and O–H groups in total. The zero-order valence-electron chi connectivity index (χ0n) is 17.9. The van der Waals surface area contributed by atoms with Gasteiger partial charge in [-0.15, -0.1) is 0 Å². The molecule has 166 valence electrons. The van der Waals surface area contributed by atoms with Crippen LogP contribution in [0.2, 0.25) is 0 Å². The molecule has 0 aliphatic carbocycles. The standard InChI is InChI=1S/C24H23NO7/c1-30-19(26)13-18(23(28)31-2)21(24(29)32-3)25-22(27)20-16-10-6-4-8-14(16)12-15-9-5-7-11-17(15)20/h4-12,18,21H,13H2,1-3H3,(H,25,27)/t18-,21-/m0/s1. The molecule has 0 saturated carbocycles. The van der Waals surface area contributed by atoms with Crippen LogP contribution in [0.5, 0.6) is 0 Å². The van der Waals surface area contributed by atoms with Crippen LogP contribution in [-0.4, -0.2) is 51.2 Å². The number of hydrogen-bond donors (Lipinski definition) is 1. The highest BCUT2D eigenvalue weighted by atomic mass is 16.5. The molecule has 0 spiro atoms. The predicted molar refractivity (Wildman–Crippen MR) is 117 cm³/mol. The van der Waals surface area contributed by atoms with Crippen LogP contribution in [0, 0.1) is 5.92 Å². The molecular formula is C24H23NO7. The SMILES string of the molecule is COC(=O)C[C@H](C(=O)OC)[C@H](NC(=O)c1c2ccccc2cc2ccccc12)C(=O)OC. The molecule has 2 atom stereocenters. The lowest BCUT2D eigenvalue weighted by molar-refractivity contribution is -0.158. The molecule has 0 radical (unpaired) electrons. The summed E-state index contributed by atoms with van der Waals surface area (Å²) in [5.74, 6) is -4.40. The number of esters is 3. The van der Waals surface area contributed by atoms with Gasteiger partial charge >= 0.3 is 17.9 Å². The highest BCUT2D eigenvalue weighted by Crippen LogP contribution is 2.29. The van der Waals surface area contributed by atoms with E-state index < -0.39 is 42.2 Å². The third-order valence-electron chi connectivity index (χ3n) is 5.26. The van der Waals surface area contributed by atoms with Gasteiger partial charge in [0.15, 0.2) is 0 Å². The van der Waals surface area contributed by atoms with Crippen LogP contribution in [-0.2, 0) is 28.6 Å². The molecule has 3 aromatic carbocycles. The van der Waals surface area contributed by atoms with Crippen molar-refractivity contribution in [2.24, 2.45) is 5.92 Å². The number of rotatable bonds is 7. The summed E-state index contributed by atoms with van der Waals surface area (Å²) in [5.41, 5.74) is 0.342. The maximum absolute atomic E-state index is 13.5. The molecule has 32 heavy (non-hydrogen) atoms. The smallest absolute Gasteiger partial charge is 0.329 e. The minimum absolute atomic E-state index is 0.342. The van der Waals surface area contributed by atoms with E-state index in [1.807, 2.05) is 30.3 Å². The van der Waals surface area contributed by atoms with Crippen molar-refractivity contribution < 1.29 is 33.4 Å². The first-order chi connectivity index (χ1) is 15.4. The fourth-order valence-corrected chi connectivity index (χ4v) is 3.67. The van der Waals surface area contributed by atoms with E-state index in [0.717, 1.165) is 32.1 Å². The van der Waals surface area contributed by atoms with E-state index in [2.05, 4.69) is 10.1 Å². The van der Waals surface area contributed by atoms with E-state index in [1.54, 1.807) is 24.3 Å². The first kappa shape index (κ1) is 22.7. The Hall–Kier alpha value is -3.94. The normalized spacial score (nSPS) is 12.6. The number of carbonyl (C=O) groups is 4. The molecule has 8 heteroatoms. The molecule has 0 bridgehead atoms. The van der Waals surface area contributed by atoms with E-state index in [-0.39, 0.29) is 0 Å². The summed E-state index contributed by atoms with van der Waals surface area (Å²) < 4.78 is 14.2. The van der Waals surface area contributed by atoms with Crippen LogP contribution in [0.1, 0.15) is 16.8 Å². The van der Waals surface area contributed by atoms with Gasteiger partial charge in [0.2, 0.25) is 0 Å². The highest BCUT2D eigenvalue weighted by molar-refractivity contribution is 6.18. The van der Waals surface area contributed by atoms with Crippen molar-refractivity contribution in [1.29, 1.82) is 0 Å². The molecule has 8 nitrogen and oxygen atoms in total. The molecule has 0 heterocycles. The van der Waals surface area contributed by atoms with Gasteiger partial charge in [-0.1, -0.05) is 48.5 Å². The summed E-state index contributed by atoms with van der Waals surface area (Å²) >= 11 is 0. The lowest BCUT2D eigenvalue weighted by atomic mass is 9.93. The molecule has 3 rings (SSSR count). The van der Waals surface area contributed by atoms with Crippen molar-refractivity contribution >= 4 is 45.4 Å². The lowest BCUT2D eigenvalue weighted by Crippen LogP contribution is -2.50. The second-order valence-corrected chi connectivity index (χ2v) is 7.08. The van der Waals surface area contributed by atoms with Gasteiger partial charge in [-0.05, 0) is 27.6 Å². The fourth-order valence-electron chi connectivity index (χ4n) is 3.67.